The number of fused-ring (bicyclic) bond motifs is 2. The summed E-state index contributed by atoms with van der Waals surface area (Å²) in [7, 11) is 0. The van der Waals surface area contributed by atoms with Crippen LogP contribution in [0, 0.1) is 6.92 Å². The van der Waals surface area contributed by atoms with Gasteiger partial charge in [0.25, 0.3) is 5.91 Å². The highest BCUT2D eigenvalue weighted by Crippen LogP contribution is 2.45. The van der Waals surface area contributed by atoms with Crippen LogP contribution < -0.4 is 19.8 Å². The van der Waals surface area contributed by atoms with Gasteiger partial charge in [0.05, 0.1) is 40.8 Å². The van der Waals surface area contributed by atoms with Gasteiger partial charge >= 0.3 is 0 Å². The molecule has 1 aliphatic heterocycles. The average Bonchev–Trinajstić information content (AvgIpc) is 3.38. The van der Waals surface area contributed by atoms with Gasteiger partial charge in [-0.25, -0.2) is 4.98 Å². The van der Waals surface area contributed by atoms with Crippen LogP contribution in [-0.2, 0) is 0 Å². The predicted molar refractivity (Wildman–Crippen MR) is 144 cm³/mol. The van der Waals surface area contributed by atoms with E-state index in [4.69, 9.17) is 13.9 Å². The van der Waals surface area contributed by atoms with E-state index in [1.165, 1.54) is 11.8 Å². The molecule has 1 aliphatic rings. The number of hydrogen-bond acceptors (Lipinski definition) is 8. The standard InChI is InChI=1S/C27H23BrN2O6S/c1-5-34-19-9-7-15(11-20(19)35-6-2)22-21-23(32)17-12-16(28)8-10-18(17)36-24(21)26(33)30(22)27-29-13(3)25(37-27)14(4)31/h7-12,22H,5-6H2,1-4H3. The quantitative estimate of drug-likeness (QED) is 0.244. The molecule has 1 amide bonds. The van der Waals surface area contributed by atoms with Crippen molar-refractivity contribution in [3.8, 4) is 11.5 Å². The van der Waals surface area contributed by atoms with E-state index < -0.39 is 11.9 Å². The van der Waals surface area contributed by atoms with E-state index in [0.717, 1.165) is 11.3 Å². The van der Waals surface area contributed by atoms with Gasteiger partial charge in [-0.3, -0.25) is 19.3 Å². The maximum absolute atomic E-state index is 13.9. The van der Waals surface area contributed by atoms with Crippen LogP contribution in [0.2, 0.25) is 0 Å². The largest absolute Gasteiger partial charge is 0.490 e. The molecule has 0 aliphatic carbocycles. The third-order valence-corrected chi connectivity index (χ3v) is 7.78. The maximum atomic E-state index is 13.9. The van der Waals surface area contributed by atoms with E-state index in [1.54, 1.807) is 43.3 Å². The summed E-state index contributed by atoms with van der Waals surface area (Å²) in [5.74, 6) is 0.357. The molecule has 190 valence electrons. The number of amides is 1. The van der Waals surface area contributed by atoms with Crippen molar-refractivity contribution >= 4 is 55.1 Å². The summed E-state index contributed by atoms with van der Waals surface area (Å²) >= 11 is 4.53. The lowest BCUT2D eigenvalue weighted by Crippen LogP contribution is -2.29. The summed E-state index contributed by atoms with van der Waals surface area (Å²) in [5, 5.41) is 0.657. The number of halogens is 1. The minimum atomic E-state index is -0.845. The number of aryl methyl sites for hydroxylation is 1. The van der Waals surface area contributed by atoms with Gasteiger partial charge in [-0.15, -0.1) is 0 Å². The van der Waals surface area contributed by atoms with Gasteiger partial charge in [0.15, 0.2) is 27.8 Å². The Kier molecular flexibility index (Phi) is 6.63. The fourth-order valence-corrected chi connectivity index (χ4v) is 5.86. The zero-order valence-corrected chi connectivity index (χ0v) is 23.0. The highest BCUT2D eigenvalue weighted by atomic mass is 79.9. The van der Waals surface area contributed by atoms with E-state index in [1.807, 2.05) is 13.8 Å². The molecule has 0 saturated carbocycles. The molecule has 8 nitrogen and oxygen atoms in total. The van der Waals surface area contributed by atoms with Gasteiger partial charge in [-0.2, -0.15) is 0 Å². The van der Waals surface area contributed by atoms with Crippen LogP contribution >= 0.6 is 27.3 Å². The van der Waals surface area contributed by atoms with Crippen molar-refractivity contribution in [3.63, 3.8) is 0 Å². The van der Waals surface area contributed by atoms with E-state index in [9.17, 15) is 14.4 Å². The molecule has 2 aromatic heterocycles. The lowest BCUT2D eigenvalue weighted by atomic mass is 9.98. The number of nitrogens with zero attached hydrogens (tertiary/aromatic N) is 2. The molecule has 2 aromatic carbocycles. The fourth-order valence-electron chi connectivity index (χ4n) is 4.51. The summed E-state index contributed by atoms with van der Waals surface area (Å²) < 4.78 is 18.3. The molecule has 0 bridgehead atoms. The molecule has 0 fully saturated rings. The molecule has 3 heterocycles. The number of carbonyl (C=O) groups excluding carboxylic acids is 2. The molecule has 10 heteroatoms. The van der Waals surface area contributed by atoms with Crippen LogP contribution in [0.15, 0.2) is 50.1 Å². The summed E-state index contributed by atoms with van der Waals surface area (Å²) in [6.45, 7) is 7.78. The van der Waals surface area contributed by atoms with Crippen molar-refractivity contribution in [2.45, 2.75) is 33.7 Å². The van der Waals surface area contributed by atoms with Gasteiger partial charge in [-0.05, 0) is 56.7 Å². The summed E-state index contributed by atoms with van der Waals surface area (Å²) in [6.07, 6.45) is 0. The third kappa shape index (κ3) is 4.23. The van der Waals surface area contributed by atoms with Crippen LogP contribution in [0.4, 0.5) is 5.13 Å². The first-order valence-electron chi connectivity index (χ1n) is 11.7. The Morgan fingerprint density at radius 3 is 2.51 bits per heavy atom. The Labute approximate surface area is 225 Å². The van der Waals surface area contributed by atoms with Crippen molar-refractivity contribution in [1.29, 1.82) is 0 Å². The Hall–Kier alpha value is -3.50. The number of benzene rings is 2. The Bertz CT molecular complexity index is 1630. The van der Waals surface area contributed by atoms with Crippen molar-refractivity contribution in [1.82, 2.24) is 4.98 Å². The second-order valence-electron chi connectivity index (χ2n) is 8.43. The summed E-state index contributed by atoms with van der Waals surface area (Å²) in [6, 6.07) is 9.56. The number of carbonyl (C=O) groups is 2. The maximum Gasteiger partial charge on any atom is 0.297 e. The smallest absolute Gasteiger partial charge is 0.297 e. The van der Waals surface area contributed by atoms with Crippen molar-refractivity contribution < 1.29 is 23.5 Å². The van der Waals surface area contributed by atoms with E-state index in [-0.39, 0.29) is 22.5 Å². The highest BCUT2D eigenvalue weighted by molar-refractivity contribution is 9.10. The lowest BCUT2D eigenvalue weighted by Gasteiger charge is -2.23. The van der Waals surface area contributed by atoms with E-state index >= 15 is 0 Å². The summed E-state index contributed by atoms with van der Waals surface area (Å²) in [4.78, 5) is 46.3. The second-order valence-corrected chi connectivity index (χ2v) is 10.3. The fraction of sp³-hybridized carbons (Fsp3) is 0.259. The summed E-state index contributed by atoms with van der Waals surface area (Å²) in [5.41, 5.74) is 1.34. The van der Waals surface area contributed by atoms with Crippen molar-refractivity contribution in [2.24, 2.45) is 0 Å². The van der Waals surface area contributed by atoms with E-state index in [2.05, 4.69) is 20.9 Å². The zero-order valence-electron chi connectivity index (χ0n) is 20.6. The normalized spacial score (nSPS) is 14.8. The molecule has 37 heavy (non-hydrogen) atoms. The Morgan fingerprint density at radius 1 is 1.11 bits per heavy atom. The van der Waals surface area contributed by atoms with Crippen LogP contribution in [0.25, 0.3) is 11.0 Å². The first kappa shape index (κ1) is 25.2. The molecular weight excluding hydrogens is 560 g/mol. The third-order valence-electron chi connectivity index (χ3n) is 6.03. The van der Waals surface area contributed by atoms with Gasteiger partial charge in [0.1, 0.15) is 5.58 Å². The van der Waals surface area contributed by atoms with Crippen molar-refractivity contribution in [3.05, 3.63) is 78.6 Å². The molecule has 1 atom stereocenters. The first-order valence-corrected chi connectivity index (χ1v) is 13.3. The number of hydrogen-bond donors (Lipinski definition) is 0. The number of rotatable bonds is 7. The van der Waals surface area contributed by atoms with E-state index in [0.29, 0.717) is 61.4 Å². The first-order chi connectivity index (χ1) is 17.7. The second kappa shape index (κ2) is 9.75. The van der Waals surface area contributed by atoms with Crippen LogP contribution in [0.5, 0.6) is 11.5 Å². The SMILES string of the molecule is CCOc1ccc(C2c3c(oc4ccc(Br)cc4c3=O)C(=O)N2c2nc(C)c(C(C)=O)s2)cc1OCC. The van der Waals surface area contributed by atoms with Gasteiger partial charge in [0.2, 0.25) is 5.76 Å². The Balaban J connectivity index is 1.79. The molecule has 1 unspecified atom stereocenters. The van der Waals surface area contributed by atoms with Crippen LogP contribution in [0.1, 0.15) is 63.9 Å². The minimum Gasteiger partial charge on any atom is -0.490 e. The topological polar surface area (TPSA) is 98.9 Å². The molecule has 5 rings (SSSR count). The number of aromatic nitrogens is 1. The molecular formula is C27H23BrN2O6S. The van der Waals surface area contributed by atoms with Gasteiger partial charge < -0.3 is 13.9 Å². The monoisotopic (exact) mass is 582 g/mol. The van der Waals surface area contributed by atoms with Crippen molar-refractivity contribution in [2.75, 3.05) is 18.1 Å². The number of ether oxygens (including phenoxy) is 2. The highest BCUT2D eigenvalue weighted by Gasteiger charge is 2.45. The number of thiazole rings is 1. The molecule has 4 aromatic rings. The predicted octanol–water partition coefficient (Wildman–Crippen LogP) is 6.07. The average molecular weight is 583 g/mol. The number of Topliss-reactive ketones (excluding diaryl/α,β-unsaturated/α-hetero) is 1. The van der Waals surface area contributed by atoms with Gasteiger partial charge in [0, 0.05) is 11.4 Å². The lowest BCUT2D eigenvalue weighted by molar-refractivity contribution is 0.0969. The number of ketones is 1. The molecule has 0 spiro atoms. The molecule has 0 radical (unpaired) electrons. The van der Waals surface area contributed by atoms with Crippen LogP contribution in [0.3, 0.4) is 0 Å². The Morgan fingerprint density at radius 2 is 1.84 bits per heavy atom. The molecule has 0 saturated heterocycles. The molecule has 0 N–H and O–H groups in total. The minimum absolute atomic E-state index is 0.0473. The van der Waals surface area contributed by atoms with Crippen LogP contribution in [-0.4, -0.2) is 29.9 Å². The van der Waals surface area contributed by atoms with Gasteiger partial charge in [-0.1, -0.05) is 33.3 Å². The zero-order chi connectivity index (χ0) is 26.4. The number of anilines is 1.